The maximum absolute atomic E-state index is 9.65. The van der Waals surface area contributed by atoms with Crippen molar-refractivity contribution in [1.82, 2.24) is 4.90 Å². The van der Waals surface area contributed by atoms with Crippen molar-refractivity contribution in [2.75, 3.05) is 39.5 Å². The summed E-state index contributed by atoms with van der Waals surface area (Å²) in [6.07, 6.45) is 4.85. The van der Waals surface area contributed by atoms with Gasteiger partial charge in [-0.05, 0) is 38.1 Å². The molecule has 1 N–H and O–H groups in total. The second-order valence-electron chi connectivity index (χ2n) is 5.54. The minimum absolute atomic E-state index is 0.114. The van der Waals surface area contributed by atoms with Crippen LogP contribution in [0.2, 0.25) is 0 Å². The van der Waals surface area contributed by atoms with E-state index >= 15 is 0 Å². The molecule has 0 aromatic heterocycles. The molecule has 2 rings (SSSR count). The van der Waals surface area contributed by atoms with E-state index in [1.165, 1.54) is 19.4 Å². The molecule has 1 saturated carbocycles. The Labute approximate surface area is 98.8 Å². The Hall–Kier alpha value is -0.120. The molecule has 2 fully saturated rings. The summed E-state index contributed by atoms with van der Waals surface area (Å²) in [6, 6.07) is 0. The molecule has 1 aliphatic heterocycles. The minimum atomic E-state index is 0.114. The molecule has 0 unspecified atom stereocenters. The van der Waals surface area contributed by atoms with Crippen LogP contribution in [0.1, 0.15) is 32.6 Å². The van der Waals surface area contributed by atoms with Crippen molar-refractivity contribution in [1.29, 1.82) is 0 Å². The second-order valence-corrected chi connectivity index (χ2v) is 5.54. The maximum Gasteiger partial charge on any atom is 0.0501 e. The standard InChI is InChI=1S/C13H25NO2/c1-2-14(9-12-3-4-12)10-13(11-15)5-7-16-8-6-13/h12,15H,2-11H2,1H3. The molecule has 1 heterocycles. The number of aliphatic hydroxyl groups excluding tert-OH is 1. The van der Waals surface area contributed by atoms with Crippen LogP contribution in [0.25, 0.3) is 0 Å². The summed E-state index contributed by atoms with van der Waals surface area (Å²) >= 11 is 0. The van der Waals surface area contributed by atoms with Crippen LogP contribution in [0.15, 0.2) is 0 Å². The first kappa shape index (κ1) is 12.3. The highest BCUT2D eigenvalue weighted by atomic mass is 16.5. The number of ether oxygens (including phenoxy) is 1. The third-order valence-electron chi connectivity index (χ3n) is 4.11. The smallest absolute Gasteiger partial charge is 0.0501 e. The van der Waals surface area contributed by atoms with E-state index in [4.69, 9.17) is 4.74 Å². The summed E-state index contributed by atoms with van der Waals surface area (Å²) in [6.45, 7) is 7.59. The lowest BCUT2D eigenvalue weighted by molar-refractivity contribution is -0.0341. The van der Waals surface area contributed by atoms with Gasteiger partial charge in [-0.25, -0.2) is 0 Å². The summed E-state index contributed by atoms with van der Waals surface area (Å²) in [4.78, 5) is 2.53. The molecule has 3 heteroatoms. The zero-order valence-electron chi connectivity index (χ0n) is 10.5. The van der Waals surface area contributed by atoms with Gasteiger partial charge in [0.25, 0.3) is 0 Å². The fourth-order valence-corrected chi connectivity index (χ4v) is 2.62. The number of nitrogens with zero attached hydrogens (tertiary/aromatic N) is 1. The number of hydrogen-bond acceptors (Lipinski definition) is 3. The third kappa shape index (κ3) is 3.19. The van der Waals surface area contributed by atoms with Crippen LogP contribution < -0.4 is 0 Å². The number of rotatable bonds is 6. The fourth-order valence-electron chi connectivity index (χ4n) is 2.62. The van der Waals surface area contributed by atoms with Gasteiger partial charge < -0.3 is 14.7 Å². The average Bonchev–Trinajstić information content (AvgIpc) is 3.13. The highest BCUT2D eigenvalue weighted by molar-refractivity contribution is 4.86. The van der Waals surface area contributed by atoms with Crippen molar-refractivity contribution in [3.63, 3.8) is 0 Å². The Morgan fingerprint density at radius 1 is 1.31 bits per heavy atom. The Bertz CT molecular complexity index is 210. The van der Waals surface area contributed by atoms with E-state index in [0.717, 1.165) is 45.1 Å². The van der Waals surface area contributed by atoms with Crippen molar-refractivity contribution in [2.45, 2.75) is 32.6 Å². The zero-order chi connectivity index (χ0) is 11.4. The van der Waals surface area contributed by atoms with Crippen LogP contribution in [-0.2, 0) is 4.74 Å². The first-order valence-electron chi connectivity index (χ1n) is 6.69. The molecule has 0 aromatic rings. The van der Waals surface area contributed by atoms with E-state index in [1.807, 2.05) is 0 Å². The van der Waals surface area contributed by atoms with E-state index in [1.54, 1.807) is 0 Å². The molecule has 1 saturated heterocycles. The van der Waals surface area contributed by atoms with Gasteiger partial charge >= 0.3 is 0 Å². The largest absolute Gasteiger partial charge is 0.396 e. The molecule has 0 amide bonds. The first-order chi connectivity index (χ1) is 7.78. The van der Waals surface area contributed by atoms with Crippen molar-refractivity contribution < 1.29 is 9.84 Å². The molecule has 1 aliphatic carbocycles. The monoisotopic (exact) mass is 227 g/mol. The predicted molar refractivity (Wildman–Crippen MR) is 64.4 cm³/mol. The van der Waals surface area contributed by atoms with Crippen LogP contribution >= 0.6 is 0 Å². The van der Waals surface area contributed by atoms with Crippen molar-refractivity contribution in [3.05, 3.63) is 0 Å². The van der Waals surface area contributed by atoms with Gasteiger partial charge in [-0.15, -0.1) is 0 Å². The summed E-state index contributed by atoms with van der Waals surface area (Å²) in [5.74, 6) is 0.940. The average molecular weight is 227 g/mol. The summed E-state index contributed by atoms with van der Waals surface area (Å²) in [5.41, 5.74) is 0.114. The molecule has 94 valence electrons. The molecule has 2 aliphatic rings. The lowest BCUT2D eigenvalue weighted by Crippen LogP contribution is -2.44. The van der Waals surface area contributed by atoms with Gasteiger partial charge in [-0.3, -0.25) is 0 Å². The van der Waals surface area contributed by atoms with Gasteiger partial charge in [0.1, 0.15) is 0 Å². The number of hydrogen-bond donors (Lipinski definition) is 1. The molecule has 0 spiro atoms. The summed E-state index contributed by atoms with van der Waals surface area (Å²) < 4.78 is 5.41. The quantitative estimate of drug-likeness (QED) is 0.746. The SMILES string of the molecule is CCN(CC1CC1)CC1(CO)CCOCC1. The van der Waals surface area contributed by atoms with Crippen LogP contribution in [0.4, 0.5) is 0 Å². The summed E-state index contributed by atoms with van der Waals surface area (Å²) in [7, 11) is 0. The van der Waals surface area contributed by atoms with E-state index in [0.29, 0.717) is 6.61 Å². The van der Waals surface area contributed by atoms with Crippen LogP contribution in [0.5, 0.6) is 0 Å². The fraction of sp³-hybridized carbons (Fsp3) is 1.00. The predicted octanol–water partition coefficient (Wildman–Crippen LogP) is 1.51. The lowest BCUT2D eigenvalue weighted by atomic mass is 9.80. The molecule has 0 bridgehead atoms. The topological polar surface area (TPSA) is 32.7 Å². The van der Waals surface area contributed by atoms with E-state index in [2.05, 4.69) is 11.8 Å². The van der Waals surface area contributed by atoms with E-state index < -0.39 is 0 Å². The second kappa shape index (κ2) is 5.48. The molecule has 0 aromatic carbocycles. The lowest BCUT2D eigenvalue weighted by Gasteiger charge is -2.39. The maximum atomic E-state index is 9.65. The highest BCUT2D eigenvalue weighted by Gasteiger charge is 2.35. The number of aliphatic hydroxyl groups is 1. The van der Waals surface area contributed by atoms with Gasteiger partial charge in [-0.2, -0.15) is 0 Å². The molecule has 16 heavy (non-hydrogen) atoms. The Balaban J connectivity index is 1.86. The molecule has 0 radical (unpaired) electrons. The Kier molecular flexibility index (Phi) is 4.22. The van der Waals surface area contributed by atoms with Gasteiger partial charge in [-0.1, -0.05) is 6.92 Å². The minimum Gasteiger partial charge on any atom is -0.396 e. The van der Waals surface area contributed by atoms with Crippen LogP contribution in [0.3, 0.4) is 0 Å². The molecule has 3 nitrogen and oxygen atoms in total. The molecular formula is C13H25NO2. The van der Waals surface area contributed by atoms with Gasteiger partial charge in [0.15, 0.2) is 0 Å². The normalized spacial score (nSPS) is 24.9. The van der Waals surface area contributed by atoms with Gasteiger partial charge in [0.2, 0.25) is 0 Å². The summed E-state index contributed by atoms with van der Waals surface area (Å²) in [5, 5.41) is 9.65. The highest BCUT2D eigenvalue weighted by Crippen LogP contribution is 2.34. The van der Waals surface area contributed by atoms with Crippen LogP contribution in [-0.4, -0.2) is 49.5 Å². The Morgan fingerprint density at radius 2 is 2.00 bits per heavy atom. The van der Waals surface area contributed by atoms with Crippen molar-refractivity contribution >= 4 is 0 Å². The van der Waals surface area contributed by atoms with E-state index in [-0.39, 0.29) is 5.41 Å². The first-order valence-corrected chi connectivity index (χ1v) is 6.69. The van der Waals surface area contributed by atoms with Gasteiger partial charge in [0.05, 0.1) is 6.61 Å². The molecular weight excluding hydrogens is 202 g/mol. The van der Waals surface area contributed by atoms with Crippen LogP contribution in [0, 0.1) is 11.3 Å². The van der Waals surface area contributed by atoms with E-state index in [9.17, 15) is 5.11 Å². The van der Waals surface area contributed by atoms with Crippen molar-refractivity contribution in [3.8, 4) is 0 Å². The third-order valence-corrected chi connectivity index (χ3v) is 4.11. The van der Waals surface area contributed by atoms with Gasteiger partial charge in [0, 0.05) is 31.7 Å². The molecule has 0 atom stereocenters. The zero-order valence-corrected chi connectivity index (χ0v) is 10.5. The Morgan fingerprint density at radius 3 is 2.50 bits per heavy atom. The van der Waals surface area contributed by atoms with Crippen molar-refractivity contribution in [2.24, 2.45) is 11.3 Å².